The van der Waals surface area contributed by atoms with Gasteiger partial charge >= 0.3 is 12.0 Å². The lowest BCUT2D eigenvalue weighted by molar-refractivity contribution is -0.142. The third-order valence-electron chi connectivity index (χ3n) is 4.10. The number of anilines is 2. The van der Waals surface area contributed by atoms with E-state index in [1.807, 2.05) is 32.9 Å². The number of hydrogen-bond acceptors (Lipinski definition) is 3. The molecule has 0 spiro atoms. The molecular weight excluding hydrogens is 332 g/mol. The van der Waals surface area contributed by atoms with Crippen LogP contribution in [-0.2, 0) is 4.79 Å². The number of urea groups is 1. The van der Waals surface area contributed by atoms with Crippen LogP contribution in [0.1, 0.15) is 23.6 Å². The van der Waals surface area contributed by atoms with Gasteiger partial charge in [-0.3, -0.25) is 9.69 Å². The fourth-order valence-electron chi connectivity index (χ4n) is 2.88. The van der Waals surface area contributed by atoms with Gasteiger partial charge in [-0.15, -0.1) is 0 Å². The van der Waals surface area contributed by atoms with E-state index in [4.69, 9.17) is 15.6 Å². The van der Waals surface area contributed by atoms with Crippen LogP contribution in [0.4, 0.5) is 16.2 Å². The van der Waals surface area contributed by atoms with E-state index in [0.29, 0.717) is 11.4 Å². The van der Waals surface area contributed by atoms with Crippen molar-refractivity contribution in [1.82, 2.24) is 0 Å². The Morgan fingerprint density at radius 1 is 1.12 bits per heavy atom. The van der Waals surface area contributed by atoms with Crippen molar-refractivity contribution in [3.8, 4) is 5.75 Å². The van der Waals surface area contributed by atoms with Crippen LogP contribution >= 0.6 is 0 Å². The van der Waals surface area contributed by atoms with Crippen molar-refractivity contribution < 1.29 is 19.4 Å². The Balaban J connectivity index is 2.29. The van der Waals surface area contributed by atoms with Crippen molar-refractivity contribution in [2.24, 2.45) is 11.7 Å². The topological polar surface area (TPSA) is 92.9 Å². The monoisotopic (exact) mass is 356 g/mol. The summed E-state index contributed by atoms with van der Waals surface area (Å²) in [4.78, 5) is 24.4. The maximum atomic E-state index is 12.1. The first-order valence-corrected chi connectivity index (χ1v) is 8.33. The van der Waals surface area contributed by atoms with Crippen LogP contribution in [0.25, 0.3) is 0 Å². The van der Waals surface area contributed by atoms with Crippen LogP contribution < -0.4 is 15.4 Å². The van der Waals surface area contributed by atoms with Crippen molar-refractivity contribution in [2.75, 3.05) is 11.5 Å². The molecule has 0 saturated carbocycles. The zero-order valence-corrected chi connectivity index (χ0v) is 15.4. The van der Waals surface area contributed by atoms with E-state index in [-0.39, 0.29) is 6.61 Å². The van der Waals surface area contributed by atoms with Gasteiger partial charge in [0, 0.05) is 0 Å². The lowest BCUT2D eigenvalue weighted by Crippen LogP contribution is -2.32. The molecule has 2 rings (SSSR count). The van der Waals surface area contributed by atoms with E-state index in [0.717, 1.165) is 22.4 Å². The molecule has 0 heterocycles. The molecule has 0 saturated heterocycles. The van der Waals surface area contributed by atoms with Crippen LogP contribution in [0.15, 0.2) is 36.4 Å². The van der Waals surface area contributed by atoms with E-state index < -0.39 is 17.9 Å². The maximum Gasteiger partial charge on any atom is 0.323 e. The van der Waals surface area contributed by atoms with Crippen molar-refractivity contribution in [3.63, 3.8) is 0 Å². The number of carbonyl (C=O) groups excluding carboxylic acids is 1. The van der Waals surface area contributed by atoms with Gasteiger partial charge in [-0.05, 0) is 63.1 Å². The average molecular weight is 356 g/mol. The second-order valence-electron chi connectivity index (χ2n) is 6.47. The third kappa shape index (κ3) is 4.33. The Morgan fingerprint density at radius 2 is 1.65 bits per heavy atom. The number of hydrogen-bond donors (Lipinski definition) is 2. The molecule has 1 atom stereocenters. The van der Waals surface area contributed by atoms with Gasteiger partial charge in [0.2, 0.25) is 0 Å². The van der Waals surface area contributed by atoms with E-state index in [9.17, 15) is 9.59 Å². The second kappa shape index (κ2) is 7.91. The first-order chi connectivity index (χ1) is 12.2. The molecule has 0 aliphatic carbocycles. The fraction of sp³-hybridized carbons (Fsp3) is 0.300. The molecule has 2 aromatic carbocycles. The van der Waals surface area contributed by atoms with Gasteiger partial charge in [-0.2, -0.15) is 0 Å². The number of nitrogens with two attached hydrogens (primary N) is 1. The van der Waals surface area contributed by atoms with Gasteiger partial charge < -0.3 is 15.6 Å². The van der Waals surface area contributed by atoms with Crippen LogP contribution in [0, 0.1) is 26.7 Å². The Labute approximate surface area is 153 Å². The zero-order valence-electron chi connectivity index (χ0n) is 15.4. The molecule has 3 N–H and O–H groups in total. The van der Waals surface area contributed by atoms with Crippen LogP contribution in [0.3, 0.4) is 0 Å². The number of carboxylic acid groups (broad SMARTS) is 1. The Morgan fingerprint density at radius 3 is 2.12 bits per heavy atom. The summed E-state index contributed by atoms with van der Waals surface area (Å²) >= 11 is 0. The number of benzene rings is 2. The predicted octanol–water partition coefficient (Wildman–Crippen LogP) is 3.93. The lowest BCUT2D eigenvalue weighted by Gasteiger charge is -2.25. The molecular formula is C20H24N2O4. The summed E-state index contributed by atoms with van der Waals surface area (Å²) in [5, 5.41) is 8.90. The van der Waals surface area contributed by atoms with Crippen LogP contribution in [-0.4, -0.2) is 23.7 Å². The highest BCUT2D eigenvalue weighted by molar-refractivity contribution is 6.00. The molecule has 0 radical (unpaired) electrons. The van der Waals surface area contributed by atoms with Crippen molar-refractivity contribution >= 4 is 23.4 Å². The maximum absolute atomic E-state index is 12.1. The van der Waals surface area contributed by atoms with Gasteiger partial charge in [0.15, 0.2) is 0 Å². The Bertz CT molecular complexity index is 792. The highest BCUT2D eigenvalue weighted by Crippen LogP contribution is 2.33. The number of carbonyl (C=O) groups is 2. The van der Waals surface area contributed by atoms with Gasteiger partial charge in [0.25, 0.3) is 0 Å². The molecule has 6 heteroatoms. The van der Waals surface area contributed by atoms with Crippen molar-refractivity contribution in [2.45, 2.75) is 27.7 Å². The number of amides is 2. The second-order valence-corrected chi connectivity index (χ2v) is 6.47. The third-order valence-corrected chi connectivity index (χ3v) is 4.10. The number of carboxylic acids is 1. The molecule has 138 valence electrons. The summed E-state index contributed by atoms with van der Waals surface area (Å²) in [5.41, 5.74) is 10.0. The largest absolute Gasteiger partial charge is 0.493 e. The van der Waals surface area contributed by atoms with Gasteiger partial charge in [0.05, 0.1) is 17.3 Å². The number of nitrogens with zero attached hydrogens (tertiary/aromatic N) is 1. The minimum atomic E-state index is -0.910. The molecule has 26 heavy (non-hydrogen) atoms. The van der Waals surface area contributed by atoms with E-state index >= 15 is 0 Å². The number of aliphatic carboxylic acids is 1. The van der Waals surface area contributed by atoms with Crippen LogP contribution in [0.5, 0.6) is 5.75 Å². The number of rotatable bonds is 6. The van der Waals surface area contributed by atoms with Gasteiger partial charge in [-0.1, -0.05) is 17.7 Å². The smallest absolute Gasteiger partial charge is 0.323 e. The molecule has 6 nitrogen and oxygen atoms in total. The Hall–Kier alpha value is -3.02. The van der Waals surface area contributed by atoms with E-state index in [1.54, 1.807) is 31.2 Å². The normalized spacial score (nSPS) is 11.7. The summed E-state index contributed by atoms with van der Waals surface area (Å²) in [6.45, 7) is 7.54. The summed E-state index contributed by atoms with van der Waals surface area (Å²) < 4.78 is 5.48. The Kier molecular flexibility index (Phi) is 5.87. The van der Waals surface area contributed by atoms with Gasteiger partial charge in [-0.25, -0.2) is 4.79 Å². The summed E-state index contributed by atoms with van der Waals surface area (Å²) in [7, 11) is 0. The molecule has 0 bridgehead atoms. The first-order valence-electron chi connectivity index (χ1n) is 8.33. The molecule has 0 aromatic heterocycles. The number of ether oxygens (including phenoxy) is 1. The number of primary amides is 1. The lowest BCUT2D eigenvalue weighted by atomic mass is 10.0. The SMILES string of the molecule is Cc1cc(C)c(N(C(N)=O)c2ccc(OCC(C)C(=O)O)cc2)c(C)c1. The summed E-state index contributed by atoms with van der Waals surface area (Å²) in [5.74, 6) is -0.981. The minimum Gasteiger partial charge on any atom is -0.493 e. The van der Waals surface area contributed by atoms with E-state index in [1.165, 1.54) is 4.90 Å². The van der Waals surface area contributed by atoms with Crippen molar-refractivity contribution in [1.29, 1.82) is 0 Å². The van der Waals surface area contributed by atoms with Gasteiger partial charge in [0.1, 0.15) is 12.4 Å². The predicted molar refractivity (Wildman–Crippen MR) is 101 cm³/mol. The quantitative estimate of drug-likeness (QED) is 0.820. The molecule has 2 aromatic rings. The highest BCUT2D eigenvalue weighted by Gasteiger charge is 2.20. The van der Waals surface area contributed by atoms with Crippen molar-refractivity contribution in [3.05, 3.63) is 53.1 Å². The molecule has 1 unspecified atom stereocenters. The highest BCUT2D eigenvalue weighted by atomic mass is 16.5. The molecule has 2 amide bonds. The molecule has 0 fully saturated rings. The molecule has 0 aliphatic heterocycles. The average Bonchev–Trinajstić information content (AvgIpc) is 2.56. The fourth-order valence-corrected chi connectivity index (χ4v) is 2.88. The minimum absolute atomic E-state index is 0.0738. The summed E-state index contributed by atoms with van der Waals surface area (Å²) in [6, 6.07) is 10.3. The standard InChI is InChI=1S/C20H24N2O4/c1-12-9-13(2)18(14(3)10-12)22(20(21)25)16-5-7-17(8-6-16)26-11-15(4)19(23)24/h5-10,15H,11H2,1-4H3,(H2,21,25)(H,23,24). The van der Waals surface area contributed by atoms with E-state index in [2.05, 4.69) is 0 Å². The first kappa shape index (κ1) is 19.3. The van der Waals surface area contributed by atoms with Crippen LogP contribution in [0.2, 0.25) is 0 Å². The zero-order chi connectivity index (χ0) is 19.4. The number of aryl methyl sites for hydroxylation is 3. The molecule has 0 aliphatic rings. The summed E-state index contributed by atoms with van der Waals surface area (Å²) in [6.07, 6.45) is 0.